The van der Waals surface area contributed by atoms with E-state index in [-0.39, 0.29) is 0 Å². The molecule has 0 spiro atoms. The van der Waals surface area contributed by atoms with Crippen LogP contribution in [0.3, 0.4) is 0 Å². The molecule has 0 saturated heterocycles. The van der Waals surface area contributed by atoms with Gasteiger partial charge in [-0.25, -0.2) is 0 Å². The second-order valence-electron chi connectivity index (χ2n) is 4.87. The van der Waals surface area contributed by atoms with Crippen molar-refractivity contribution in [2.45, 2.75) is 76.8 Å². The van der Waals surface area contributed by atoms with Crippen LogP contribution in [0.2, 0.25) is 12.1 Å². The van der Waals surface area contributed by atoms with Crippen molar-refractivity contribution in [1.82, 2.24) is 0 Å². The van der Waals surface area contributed by atoms with E-state index >= 15 is 0 Å². The van der Waals surface area contributed by atoms with E-state index in [4.69, 9.17) is 22.2 Å². The average molecular weight is 295 g/mol. The Morgan fingerprint density at radius 3 is 1.82 bits per heavy atom. The Bertz CT molecular complexity index is 181. The van der Waals surface area contributed by atoms with E-state index in [0.29, 0.717) is 0 Å². The zero-order valence-electron chi connectivity index (χ0n) is 11.3. The molecule has 0 aromatic heterocycles. The van der Waals surface area contributed by atoms with Gasteiger partial charge in [0.2, 0.25) is 0 Å². The SMILES string of the molecule is C=CCCCCCCCCCC[Si](Cl)(Cl)CC. The summed E-state index contributed by atoms with van der Waals surface area (Å²) < 4.78 is 0. The van der Waals surface area contributed by atoms with Gasteiger partial charge < -0.3 is 0 Å². The molecular formula is C14H28Cl2Si. The van der Waals surface area contributed by atoms with E-state index in [9.17, 15) is 0 Å². The lowest BCUT2D eigenvalue weighted by atomic mass is 10.1. The molecule has 0 aliphatic heterocycles. The summed E-state index contributed by atoms with van der Waals surface area (Å²) in [6.45, 7) is 4.01. The molecule has 0 radical (unpaired) electrons. The monoisotopic (exact) mass is 294 g/mol. The maximum absolute atomic E-state index is 6.23. The summed E-state index contributed by atoms with van der Waals surface area (Å²) in [5.74, 6) is 0. The molecule has 0 unspecified atom stereocenters. The largest absolute Gasteiger partial charge is 0.251 e. The fourth-order valence-electron chi connectivity index (χ4n) is 1.91. The zero-order chi connectivity index (χ0) is 13.0. The van der Waals surface area contributed by atoms with Gasteiger partial charge in [0, 0.05) is 0 Å². The van der Waals surface area contributed by atoms with E-state index in [2.05, 4.69) is 13.5 Å². The minimum atomic E-state index is -1.83. The first-order valence-corrected chi connectivity index (χ1v) is 11.5. The Morgan fingerprint density at radius 2 is 1.35 bits per heavy atom. The van der Waals surface area contributed by atoms with E-state index in [0.717, 1.165) is 12.1 Å². The van der Waals surface area contributed by atoms with Crippen molar-refractivity contribution in [3.05, 3.63) is 12.7 Å². The Hall–Kier alpha value is 0.537. The van der Waals surface area contributed by atoms with Gasteiger partial charge in [-0.05, 0) is 24.9 Å². The summed E-state index contributed by atoms with van der Waals surface area (Å²) in [4.78, 5) is 0. The highest BCUT2D eigenvalue weighted by Crippen LogP contribution is 2.27. The molecule has 0 rings (SSSR count). The predicted octanol–water partition coefficient (Wildman–Crippen LogP) is 6.62. The molecule has 0 amide bonds. The highest BCUT2D eigenvalue weighted by Gasteiger charge is 2.24. The Balaban J connectivity index is 3.11. The molecule has 0 aromatic carbocycles. The molecule has 0 aliphatic rings. The van der Waals surface area contributed by atoms with Crippen molar-refractivity contribution in [2.75, 3.05) is 0 Å². The first-order chi connectivity index (χ1) is 8.12. The van der Waals surface area contributed by atoms with Gasteiger partial charge in [0.1, 0.15) is 0 Å². The molecular weight excluding hydrogens is 267 g/mol. The van der Waals surface area contributed by atoms with Crippen LogP contribution in [-0.4, -0.2) is 6.69 Å². The fraction of sp³-hybridized carbons (Fsp3) is 0.857. The second kappa shape index (κ2) is 11.6. The maximum atomic E-state index is 6.23. The highest BCUT2D eigenvalue weighted by atomic mass is 35.7. The van der Waals surface area contributed by atoms with Crippen LogP contribution >= 0.6 is 22.2 Å². The number of unbranched alkanes of at least 4 members (excludes halogenated alkanes) is 8. The zero-order valence-corrected chi connectivity index (χ0v) is 13.8. The summed E-state index contributed by atoms with van der Waals surface area (Å²) in [5.41, 5.74) is 0. The third-order valence-electron chi connectivity index (χ3n) is 3.22. The third-order valence-corrected chi connectivity index (χ3v) is 8.08. The molecule has 17 heavy (non-hydrogen) atoms. The average Bonchev–Trinajstić information content (AvgIpc) is 2.31. The number of halogens is 2. The molecule has 0 aliphatic carbocycles. The van der Waals surface area contributed by atoms with Gasteiger partial charge in [-0.15, -0.1) is 28.7 Å². The van der Waals surface area contributed by atoms with Gasteiger partial charge in [-0.1, -0.05) is 57.9 Å². The molecule has 0 N–H and O–H groups in total. The molecule has 0 bridgehead atoms. The first-order valence-electron chi connectivity index (χ1n) is 7.11. The summed E-state index contributed by atoms with van der Waals surface area (Å²) >= 11 is 12.5. The molecule has 3 heteroatoms. The van der Waals surface area contributed by atoms with Crippen LogP contribution in [0.15, 0.2) is 12.7 Å². The minimum Gasteiger partial charge on any atom is -0.146 e. The van der Waals surface area contributed by atoms with Crippen molar-refractivity contribution in [2.24, 2.45) is 0 Å². The van der Waals surface area contributed by atoms with Crippen LogP contribution in [0.4, 0.5) is 0 Å². The number of rotatable bonds is 12. The Kier molecular flexibility index (Phi) is 12.0. The minimum absolute atomic E-state index is 0.986. The van der Waals surface area contributed by atoms with Gasteiger partial charge in [0.25, 0.3) is 6.69 Å². The molecule has 0 heterocycles. The van der Waals surface area contributed by atoms with Crippen molar-refractivity contribution in [3.63, 3.8) is 0 Å². The lowest BCUT2D eigenvalue weighted by molar-refractivity contribution is 0.577. The van der Waals surface area contributed by atoms with Crippen LogP contribution in [0.1, 0.15) is 64.7 Å². The van der Waals surface area contributed by atoms with E-state index in [1.165, 1.54) is 57.8 Å². The number of allylic oxidation sites excluding steroid dienone is 1. The van der Waals surface area contributed by atoms with Crippen molar-refractivity contribution >= 4 is 28.9 Å². The van der Waals surface area contributed by atoms with E-state index in [1.54, 1.807) is 0 Å². The van der Waals surface area contributed by atoms with Crippen molar-refractivity contribution in [1.29, 1.82) is 0 Å². The van der Waals surface area contributed by atoms with Crippen LogP contribution in [0.25, 0.3) is 0 Å². The van der Waals surface area contributed by atoms with Gasteiger partial charge in [0.05, 0.1) is 0 Å². The Morgan fingerprint density at radius 1 is 0.882 bits per heavy atom. The predicted molar refractivity (Wildman–Crippen MR) is 84.5 cm³/mol. The molecule has 102 valence electrons. The smallest absolute Gasteiger partial charge is 0.146 e. The molecule has 0 atom stereocenters. The number of hydrogen-bond acceptors (Lipinski definition) is 0. The quantitative estimate of drug-likeness (QED) is 0.164. The van der Waals surface area contributed by atoms with Gasteiger partial charge in [-0.3, -0.25) is 0 Å². The molecule has 0 aromatic rings. The second-order valence-corrected chi connectivity index (χ2v) is 12.7. The van der Waals surface area contributed by atoms with Crippen molar-refractivity contribution < 1.29 is 0 Å². The van der Waals surface area contributed by atoms with Crippen LogP contribution in [0.5, 0.6) is 0 Å². The lowest BCUT2D eigenvalue weighted by Crippen LogP contribution is -2.16. The maximum Gasteiger partial charge on any atom is 0.251 e. The van der Waals surface area contributed by atoms with Crippen LogP contribution < -0.4 is 0 Å². The summed E-state index contributed by atoms with van der Waals surface area (Å²) in [5, 5.41) is 0. The first kappa shape index (κ1) is 17.5. The van der Waals surface area contributed by atoms with E-state index in [1.807, 2.05) is 6.08 Å². The lowest BCUT2D eigenvalue weighted by Gasteiger charge is -2.13. The van der Waals surface area contributed by atoms with E-state index < -0.39 is 6.69 Å². The molecule has 0 nitrogen and oxygen atoms in total. The van der Waals surface area contributed by atoms with Crippen LogP contribution in [0, 0.1) is 0 Å². The molecule has 0 saturated carbocycles. The summed E-state index contributed by atoms with van der Waals surface area (Å²) in [7, 11) is 0. The summed E-state index contributed by atoms with van der Waals surface area (Å²) in [6.07, 6.45) is 13.9. The van der Waals surface area contributed by atoms with Gasteiger partial charge in [0.15, 0.2) is 0 Å². The van der Waals surface area contributed by atoms with Gasteiger partial charge in [-0.2, -0.15) is 0 Å². The van der Waals surface area contributed by atoms with Crippen molar-refractivity contribution in [3.8, 4) is 0 Å². The topological polar surface area (TPSA) is 0 Å². The Labute approximate surface area is 118 Å². The summed E-state index contributed by atoms with van der Waals surface area (Å²) in [6, 6.07) is 2.06. The number of hydrogen-bond donors (Lipinski definition) is 0. The third kappa shape index (κ3) is 12.8. The normalized spacial score (nSPS) is 11.7. The fourth-order valence-corrected chi connectivity index (χ4v) is 3.83. The van der Waals surface area contributed by atoms with Gasteiger partial charge >= 0.3 is 0 Å². The molecule has 0 fully saturated rings. The van der Waals surface area contributed by atoms with Crippen LogP contribution in [-0.2, 0) is 0 Å². The highest BCUT2D eigenvalue weighted by molar-refractivity contribution is 7.45. The standard InChI is InChI=1S/C14H28Cl2Si/c1-3-5-6-7-8-9-10-11-12-13-14-17(15,16)4-2/h3H,1,4-14H2,2H3.